The third-order valence-corrected chi connectivity index (χ3v) is 6.01. The van der Waals surface area contributed by atoms with Crippen molar-refractivity contribution in [3.05, 3.63) is 39.3 Å². The molecule has 7 nitrogen and oxygen atoms in total. The second-order valence-corrected chi connectivity index (χ2v) is 7.96. The maximum Gasteiger partial charge on any atom is 0.347 e. The van der Waals surface area contributed by atoms with E-state index in [0.717, 1.165) is 16.9 Å². The predicted molar refractivity (Wildman–Crippen MR) is 90.4 cm³/mol. The van der Waals surface area contributed by atoms with Gasteiger partial charge in [-0.2, -0.15) is 0 Å². The molecule has 0 fully saturated rings. The Hall–Kier alpha value is -1.97. The number of aromatic carboxylic acids is 1. The Balaban J connectivity index is 2.04. The number of aryl methyl sites for hydroxylation is 2. The van der Waals surface area contributed by atoms with E-state index < -0.39 is 16.0 Å². The molecule has 2 rings (SSSR count). The van der Waals surface area contributed by atoms with Gasteiger partial charge >= 0.3 is 5.97 Å². The van der Waals surface area contributed by atoms with E-state index >= 15 is 0 Å². The van der Waals surface area contributed by atoms with Crippen molar-refractivity contribution in [2.75, 3.05) is 13.7 Å². The number of nitrogens with one attached hydrogen (secondary N) is 1. The molecule has 130 valence electrons. The van der Waals surface area contributed by atoms with Gasteiger partial charge in [-0.05, 0) is 37.6 Å². The van der Waals surface area contributed by atoms with Gasteiger partial charge in [0.25, 0.3) is 0 Å². The normalized spacial score (nSPS) is 11.5. The molecule has 1 aromatic heterocycles. The van der Waals surface area contributed by atoms with E-state index in [2.05, 4.69) is 9.71 Å². The molecule has 0 amide bonds. The molecule has 0 radical (unpaired) electrons. The summed E-state index contributed by atoms with van der Waals surface area (Å²) >= 11 is 1.06. The summed E-state index contributed by atoms with van der Waals surface area (Å²) in [4.78, 5) is 15.5. The second-order valence-electron chi connectivity index (χ2n) is 5.11. The van der Waals surface area contributed by atoms with Crippen molar-refractivity contribution >= 4 is 27.3 Å². The van der Waals surface area contributed by atoms with E-state index in [1.54, 1.807) is 19.9 Å². The number of hydrogen-bond donors (Lipinski definition) is 2. The molecule has 0 atom stereocenters. The molecule has 0 spiro atoms. The van der Waals surface area contributed by atoms with Gasteiger partial charge in [0.2, 0.25) is 10.0 Å². The quantitative estimate of drug-likeness (QED) is 0.772. The Bertz CT molecular complexity index is 859. The van der Waals surface area contributed by atoms with Gasteiger partial charge in [0.15, 0.2) is 0 Å². The molecule has 1 heterocycles. The molecule has 24 heavy (non-hydrogen) atoms. The van der Waals surface area contributed by atoms with Gasteiger partial charge in [0, 0.05) is 13.0 Å². The van der Waals surface area contributed by atoms with Crippen LogP contribution < -0.4 is 9.46 Å². The third-order valence-electron chi connectivity index (χ3n) is 3.34. The Kier molecular flexibility index (Phi) is 5.58. The van der Waals surface area contributed by atoms with Crippen LogP contribution in [0.3, 0.4) is 0 Å². The van der Waals surface area contributed by atoms with E-state index in [1.807, 2.05) is 0 Å². The minimum Gasteiger partial charge on any atom is -0.496 e. The number of ether oxygens (including phenoxy) is 1. The van der Waals surface area contributed by atoms with Gasteiger partial charge in [0.05, 0.1) is 22.7 Å². The van der Waals surface area contributed by atoms with Crippen molar-refractivity contribution in [2.24, 2.45) is 0 Å². The summed E-state index contributed by atoms with van der Waals surface area (Å²) in [6.45, 7) is 3.52. The van der Waals surface area contributed by atoms with Crippen LogP contribution in [0.4, 0.5) is 0 Å². The number of aromatic nitrogens is 1. The highest BCUT2D eigenvalue weighted by atomic mass is 32.2. The number of carboxylic acid groups (broad SMARTS) is 1. The molecule has 0 unspecified atom stereocenters. The fraction of sp³-hybridized carbons (Fsp3) is 0.333. The molecule has 0 aliphatic carbocycles. The van der Waals surface area contributed by atoms with Gasteiger partial charge < -0.3 is 9.84 Å². The zero-order chi connectivity index (χ0) is 17.9. The number of nitrogens with zero attached hydrogens (tertiary/aromatic N) is 1. The van der Waals surface area contributed by atoms with Crippen molar-refractivity contribution < 1.29 is 23.1 Å². The average molecular weight is 370 g/mol. The van der Waals surface area contributed by atoms with Crippen LogP contribution in [0.1, 0.15) is 25.9 Å². The van der Waals surface area contributed by atoms with Gasteiger partial charge in [-0.3, -0.25) is 0 Å². The minimum atomic E-state index is -3.64. The maximum atomic E-state index is 12.3. The SMILES string of the molecule is COc1ccc(S(=O)(=O)NCCc2nc(C)c(C(=O)O)s2)cc1C. The van der Waals surface area contributed by atoms with Crippen LogP contribution in [-0.4, -0.2) is 38.1 Å². The van der Waals surface area contributed by atoms with E-state index in [4.69, 9.17) is 9.84 Å². The summed E-state index contributed by atoms with van der Waals surface area (Å²) < 4.78 is 32.2. The van der Waals surface area contributed by atoms with Crippen LogP contribution in [0.5, 0.6) is 5.75 Å². The third kappa shape index (κ3) is 4.11. The topological polar surface area (TPSA) is 106 Å². The van der Waals surface area contributed by atoms with Crippen molar-refractivity contribution in [3.8, 4) is 5.75 Å². The largest absolute Gasteiger partial charge is 0.496 e. The highest BCUT2D eigenvalue weighted by Crippen LogP contribution is 2.21. The standard InChI is InChI=1S/C15H18N2O5S2/c1-9-8-11(4-5-12(9)22-3)24(20,21)16-7-6-13-17-10(2)14(23-13)15(18)19/h4-5,8,16H,6-7H2,1-3H3,(H,18,19). The lowest BCUT2D eigenvalue weighted by Gasteiger charge is -2.09. The van der Waals surface area contributed by atoms with E-state index in [0.29, 0.717) is 22.9 Å². The number of rotatable bonds is 7. The highest BCUT2D eigenvalue weighted by Gasteiger charge is 2.17. The maximum absolute atomic E-state index is 12.3. The highest BCUT2D eigenvalue weighted by molar-refractivity contribution is 7.89. The zero-order valence-electron chi connectivity index (χ0n) is 13.5. The fourth-order valence-electron chi connectivity index (χ4n) is 2.15. The molecule has 1 aromatic carbocycles. The van der Waals surface area contributed by atoms with E-state index in [9.17, 15) is 13.2 Å². The lowest BCUT2D eigenvalue weighted by Crippen LogP contribution is -2.26. The molecule has 0 aliphatic heterocycles. The summed E-state index contributed by atoms with van der Waals surface area (Å²) in [7, 11) is -2.12. The first-order valence-corrected chi connectivity index (χ1v) is 9.38. The molecule has 2 aromatic rings. The zero-order valence-corrected chi connectivity index (χ0v) is 15.1. The fourth-order valence-corrected chi connectivity index (χ4v) is 4.17. The summed E-state index contributed by atoms with van der Waals surface area (Å²) in [5, 5.41) is 9.58. The molecular weight excluding hydrogens is 352 g/mol. The number of thiazole rings is 1. The summed E-state index contributed by atoms with van der Waals surface area (Å²) in [6, 6.07) is 4.62. The van der Waals surface area contributed by atoms with Gasteiger partial charge in [-0.25, -0.2) is 22.9 Å². The van der Waals surface area contributed by atoms with Crippen molar-refractivity contribution in [2.45, 2.75) is 25.2 Å². The molecule has 2 N–H and O–H groups in total. The van der Waals surface area contributed by atoms with Crippen LogP contribution in [0.25, 0.3) is 0 Å². The lowest BCUT2D eigenvalue weighted by atomic mass is 10.2. The monoisotopic (exact) mass is 370 g/mol. The average Bonchev–Trinajstić information content (AvgIpc) is 2.88. The summed E-state index contributed by atoms with van der Waals surface area (Å²) in [5.74, 6) is -0.404. The van der Waals surface area contributed by atoms with Crippen LogP contribution >= 0.6 is 11.3 Å². The van der Waals surface area contributed by atoms with Crippen LogP contribution in [-0.2, 0) is 16.4 Å². The Labute approximate surface area is 144 Å². The number of hydrogen-bond acceptors (Lipinski definition) is 6. The molecule has 0 saturated heterocycles. The Morgan fingerprint density at radius 2 is 2.08 bits per heavy atom. The van der Waals surface area contributed by atoms with Crippen LogP contribution in [0, 0.1) is 13.8 Å². The van der Waals surface area contributed by atoms with Gasteiger partial charge in [-0.15, -0.1) is 11.3 Å². The smallest absolute Gasteiger partial charge is 0.347 e. The molecular formula is C15H18N2O5S2. The summed E-state index contributed by atoms with van der Waals surface area (Å²) in [5.41, 5.74) is 1.16. The summed E-state index contributed by atoms with van der Waals surface area (Å²) in [6.07, 6.45) is 0.327. The first-order valence-electron chi connectivity index (χ1n) is 7.08. The van der Waals surface area contributed by atoms with Crippen LogP contribution in [0.2, 0.25) is 0 Å². The van der Waals surface area contributed by atoms with Crippen molar-refractivity contribution in [1.29, 1.82) is 0 Å². The Morgan fingerprint density at radius 3 is 2.62 bits per heavy atom. The van der Waals surface area contributed by atoms with Crippen LogP contribution in [0.15, 0.2) is 23.1 Å². The lowest BCUT2D eigenvalue weighted by molar-refractivity contribution is 0.0701. The predicted octanol–water partition coefficient (Wildman–Crippen LogP) is 1.99. The number of methoxy groups -OCH3 is 1. The molecule has 0 bridgehead atoms. The first kappa shape index (κ1) is 18.4. The first-order chi connectivity index (χ1) is 11.2. The van der Waals surface area contributed by atoms with Crippen molar-refractivity contribution in [3.63, 3.8) is 0 Å². The Morgan fingerprint density at radius 1 is 1.38 bits per heavy atom. The second kappa shape index (κ2) is 7.29. The van der Waals surface area contributed by atoms with Gasteiger partial charge in [-0.1, -0.05) is 0 Å². The number of sulfonamides is 1. The number of carbonyl (C=O) groups is 1. The van der Waals surface area contributed by atoms with Crippen molar-refractivity contribution in [1.82, 2.24) is 9.71 Å². The van der Waals surface area contributed by atoms with E-state index in [-0.39, 0.29) is 16.3 Å². The number of benzene rings is 1. The molecule has 0 aliphatic rings. The number of carboxylic acids is 1. The van der Waals surface area contributed by atoms with Gasteiger partial charge in [0.1, 0.15) is 10.6 Å². The molecule has 0 saturated carbocycles. The minimum absolute atomic E-state index is 0.138. The van der Waals surface area contributed by atoms with E-state index in [1.165, 1.54) is 19.2 Å². The molecule has 9 heteroatoms.